The van der Waals surface area contributed by atoms with Crippen molar-refractivity contribution in [3.05, 3.63) is 58.3 Å². The molecule has 0 N–H and O–H groups in total. The van der Waals surface area contributed by atoms with Crippen molar-refractivity contribution in [3.63, 3.8) is 0 Å². The molecule has 0 bridgehead atoms. The number of amides is 1. The third-order valence-electron chi connectivity index (χ3n) is 8.19. The van der Waals surface area contributed by atoms with Crippen molar-refractivity contribution >= 4 is 41.2 Å². The summed E-state index contributed by atoms with van der Waals surface area (Å²) in [6.07, 6.45) is 5.26. The zero-order chi connectivity index (χ0) is 33.7. The number of carbonyl (C=O) groups is 2. The van der Waals surface area contributed by atoms with Crippen LogP contribution in [0.5, 0.6) is 11.6 Å². The fourth-order valence-electron chi connectivity index (χ4n) is 5.86. The van der Waals surface area contributed by atoms with E-state index in [1.807, 2.05) is 56.9 Å². The van der Waals surface area contributed by atoms with Gasteiger partial charge in [0, 0.05) is 60.3 Å². The fourth-order valence-corrected chi connectivity index (χ4v) is 6.38. The number of esters is 1. The van der Waals surface area contributed by atoms with Crippen LogP contribution in [-0.4, -0.2) is 88.3 Å². The first-order valence-corrected chi connectivity index (χ1v) is 16.6. The van der Waals surface area contributed by atoms with Crippen LogP contribution in [0.3, 0.4) is 0 Å². The average molecular weight is 686 g/mol. The number of hydrogen-bond acceptors (Lipinski definition) is 10. The summed E-state index contributed by atoms with van der Waals surface area (Å²) in [6, 6.07) is 9.20. The van der Waals surface area contributed by atoms with Gasteiger partial charge in [0.15, 0.2) is 5.75 Å². The number of carbonyl (C=O) groups excluding carboxylic acids is 2. The maximum absolute atomic E-state index is 12.6. The lowest BCUT2D eigenvalue weighted by atomic mass is 9.93. The average Bonchev–Trinajstić information content (AvgIpc) is 3.01. The van der Waals surface area contributed by atoms with Crippen LogP contribution in [0.2, 0.25) is 10.0 Å². The fraction of sp³-hybridized carbons (Fsp3) is 0.500. The number of anilines is 1. The van der Waals surface area contributed by atoms with E-state index in [9.17, 15) is 9.59 Å². The lowest BCUT2D eigenvalue weighted by molar-refractivity contribution is -0.142. The molecular weight excluding hydrogens is 643 g/mol. The van der Waals surface area contributed by atoms with E-state index in [1.165, 1.54) is 7.11 Å². The molecule has 4 heterocycles. The molecule has 11 nitrogen and oxygen atoms in total. The number of nitrogens with zero attached hydrogens (tertiary/aromatic N) is 6. The van der Waals surface area contributed by atoms with Gasteiger partial charge in [-0.2, -0.15) is 0 Å². The van der Waals surface area contributed by atoms with Gasteiger partial charge in [-0.05, 0) is 89.4 Å². The summed E-state index contributed by atoms with van der Waals surface area (Å²) >= 11 is 12.7. The number of methoxy groups -OCH3 is 1. The molecule has 0 aliphatic carbocycles. The van der Waals surface area contributed by atoms with Crippen LogP contribution in [0.15, 0.2) is 42.7 Å². The third-order valence-corrected chi connectivity index (χ3v) is 8.63. The first-order valence-electron chi connectivity index (χ1n) is 15.9. The minimum atomic E-state index is -0.548. The van der Waals surface area contributed by atoms with Gasteiger partial charge < -0.3 is 24.0 Å². The Kier molecular flexibility index (Phi) is 11.1. The topological polar surface area (TPSA) is 110 Å². The summed E-state index contributed by atoms with van der Waals surface area (Å²) in [5, 5.41) is 1.03. The van der Waals surface area contributed by atoms with Gasteiger partial charge in [-0.15, -0.1) is 0 Å². The van der Waals surface area contributed by atoms with Crippen LogP contribution in [0, 0.1) is 5.92 Å². The van der Waals surface area contributed by atoms with Gasteiger partial charge in [0.1, 0.15) is 5.60 Å². The summed E-state index contributed by atoms with van der Waals surface area (Å²) in [4.78, 5) is 44.4. The summed E-state index contributed by atoms with van der Waals surface area (Å²) < 4.78 is 16.6. The Balaban J connectivity index is 1.28. The van der Waals surface area contributed by atoms with Gasteiger partial charge in [0.2, 0.25) is 11.8 Å². The van der Waals surface area contributed by atoms with Crippen LogP contribution in [0.25, 0.3) is 11.3 Å². The lowest BCUT2D eigenvalue weighted by Gasteiger charge is -2.40. The molecule has 1 aromatic carbocycles. The highest BCUT2D eigenvalue weighted by molar-refractivity contribution is 6.35. The number of aromatic nitrogens is 3. The van der Waals surface area contributed by atoms with Crippen molar-refractivity contribution in [3.8, 4) is 22.9 Å². The Morgan fingerprint density at radius 3 is 2.26 bits per heavy atom. The van der Waals surface area contributed by atoms with E-state index in [4.69, 9.17) is 42.4 Å². The van der Waals surface area contributed by atoms with Crippen molar-refractivity contribution in [1.29, 1.82) is 0 Å². The Hall–Kier alpha value is -3.67. The second-order valence-corrected chi connectivity index (χ2v) is 14.0. The van der Waals surface area contributed by atoms with Crippen LogP contribution in [0.1, 0.15) is 52.5 Å². The molecule has 0 radical (unpaired) electrons. The van der Waals surface area contributed by atoms with Crippen LogP contribution >= 0.6 is 23.2 Å². The number of hydrogen-bond donors (Lipinski definition) is 0. The largest absolute Gasteiger partial charge is 0.469 e. The van der Waals surface area contributed by atoms with Crippen molar-refractivity contribution in [2.75, 3.05) is 44.7 Å². The van der Waals surface area contributed by atoms with Gasteiger partial charge in [0.05, 0.1) is 25.2 Å². The molecule has 1 unspecified atom stereocenters. The van der Waals surface area contributed by atoms with E-state index < -0.39 is 5.60 Å². The van der Waals surface area contributed by atoms with Crippen molar-refractivity contribution in [2.45, 2.75) is 65.1 Å². The SMILES string of the molecule is COC(=O)CC1CCN(Cc2cc(Oc3cnc(N4CCN(C(=O)OC(C)(C)C)C(C)C4)nc3)nc(-c3cc(Cl)cc(Cl)c3)c2)CC1. The summed E-state index contributed by atoms with van der Waals surface area (Å²) in [5.74, 6) is 1.57. The molecule has 3 aromatic rings. The van der Waals surface area contributed by atoms with Crippen LogP contribution in [-0.2, 0) is 20.8 Å². The molecule has 1 atom stereocenters. The van der Waals surface area contributed by atoms with E-state index in [-0.39, 0.29) is 18.1 Å². The van der Waals surface area contributed by atoms with E-state index in [2.05, 4.69) is 14.9 Å². The van der Waals surface area contributed by atoms with Gasteiger partial charge in [-0.3, -0.25) is 9.69 Å². The standard InChI is InChI=1S/C34H42Cl2N6O5/c1-22-20-41(10-11-42(22)33(44)47-34(2,3)4)32-37-18-28(19-38-32)46-30-13-24(12-29(39-30)25-15-26(35)17-27(36)16-25)21-40-8-6-23(7-9-40)14-31(43)45-5/h12-13,15-19,22-23H,6-11,14,20-21H2,1-5H3. The molecule has 47 heavy (non-hydrogen) atoms. The molecule has 0 saturated carbocycles. The molecule has 2 aliphatic rings. The monoisotopic (exact) mass is 684 g/mol. The van der Waals surface area contributed by atoms with Crippen molar-refractivity contribution in [2.24, 2.45) is 5.92 Å². The quantitative estimate of drug-likeness (QED) is 0.233. The number of pyridine rings is 1. The van der Waals surface area contributed by atoms with Gasteiger partial charge in [-0.25, -0.2) is 19.7 Å². The highest BCUT2D eigenvalue weighted by Gasteiger charge is 2.32. The van der Waals surface area contributed by atoms with Gasteiger partial charge in [0.25, 0.3) is 0 Å². The molecule has 1 amide bonds. The van der Waals surface area contributed by atoms with E-state index in [0.717, 1.165) is 37.1 Å². The summed E-state index contributed by atoms with van der Waals surface area (Å²) in [7, 11) is 1.43. The minimum absolute atomic E-state index is 0.0675. The molecular formula is C34H42Cl2N6O5. The van der Waals surface area contributed by atoms with E-state index in [0.29, 0.717) is 71.8 Å². The number of ether oxygens (including phenoxy) is 3. The molecule has 5 rings (SSSR count). The number of piperazine rings is 1. The molecule has 0 spiro atoms. The number of piperidine rings is 1. The van der Waals surface area contributed by atoms with Gasteiger partial charge >= 0.3 is 12.1 Å². The highest BCUT2D eigenvalue weighted by atomic mass is 35.5. The highest BCUT2D eigenvalue weighted by Crippen LogP contribution is 2.31. The van der Waals surface area contributed by atoms with Crippen molar-refractivity contribution < 1.29 is 23.8 Å². The van der Waals surface area contributed by atoms with E-state index in [1.54, 1.807) is 23.4 Å². The first kappa shape index (κ1) is 34.7. The Morgan fingerprint density at radius 2 is 1.64 bits per heavy atom. The molecule has 2 saturated heterocycles. The van der Waals surface area contributed by atoms with E-state index >= 15 is 0 Å². The number of likely N-dealkylation sites (tertiary alicyclic amines) is 1. The second-order valence-electron chi connectivity index (χ2n) is 13.1. The molecule has 252 valence electrons. The minimum Gasteiger partial charge on any atom is -0.469 e. The molecule has 2 fully saturated rings. The molecule has 13 heteroatoms. The normalized spacial score (nSPS) is 17.8. The predicted octanol–water partition coefficient (Wildman–Crippen LogP) is 6.86. The summed E-state index contributed by atoms with van der Waals surface area (Å²) in [5.41, 5.74) is 1.92. The smallest absolute Gasteiger partial charge is 0.410 e. The van der Waals surface area contributed by atoms with Crippen molar-refractivity contribution in [1.82, 2.24) is 24.8 Å². The first-order chi connectivity index (χ1) is 22.3. The Morgan fingerprint density at radius 1 is 0.957 bits per heavy atom. The maximum Gasteiger partial charge on any atom is 0.410 e. The zero-order valence-corrected chi connectivity index (χ0v) is 29.1. The van der Waals surface area contributed by atoms with Gasteiger partial charge in [-0.1, -0.05) is 23.2 Å². The maximum atomic E-state index is 12.6. The molecule has 2 aliphatic heterocycles. The number of halogens is 2. The zero-order valence-electron chi connectivity index (χ0n) is 27.5. The Bertz CT molecular complexity index is 1540. The second kappa shape index (κ2) is 15.0. The number of benzene rings is 1. The summed E-state index contributed by atoms with van der Waals surface area (Å²) in [6.45, 7) is 11.7. The lowest BCUT2D eigenvalue weighted by Crippen LogP contribution is -2.55. The third kappa shape index (κ3) is 9.68. The molecule has 2 aromatic heterocycles. The Labute approximate surface area is 286 Å². The predicted molar refractivity (Wildman–Crippen MR) is 181 cm³/mol. The van der Waals surface area contributed by atoms with Crippen LogP contribution < -0.4 is 9.64 Å². The number of rotatable bonds is 8. The van der Waals surface area contributed by atoms with Crippen LogP contribution in [0.4, 0.5) is 10.7 Å².